The molecule has 0 spiro atoms. The van der Waals surface area contributed by atoms with Gasteiger partial charge in [-0.05, 0) is 18.6 Å². The van der Waals surface area contributed by atoms with Gasteiger partial charge in [0.2, 0.25) is 5.91 Å². The second kappa shape index (κ2) is 5.79. The normalized spacial score (nSPS) is 22.7. The van der Waals surface area contributed by atoms with Crippen LogP contribution in [0.4, 0.5) is 0 Å². The second-order valence-electron chi connectivity index (χ2n) is 5.36. The lowest BCUT2D eigenvalue weighted by atomic mass is 9.95. The highest BCUT2D eigenvalue weighted by atomic mass is 16.3. The van der Waals surface area contributed by atoms with Crippen molar-refractivity contribution in [1.29, 1.82) is 0 Å². The van der Waals surface area contributed by atoms with Crippen LogP contribution in [0.5, 0.6) is 0 Å². The predicted molar refractivity (Wildman–Crippen MR) is 75.3 cm³/mol. The van der Waals surface area contributed by atoms with Gasteiger partial charge in [-0.25, -0.2) is 0 Å². The summed E-state index contributed by atoms with van der Waals surface area (Å²) in [6.45, 7) is 0.826. The number of carbonyl (C=O) groups is 1. The number of piperidine rings is 1. The minimum absolute atomic E-state index is 0.0723. The average Bonchev–Trinajstić information content (AvgIpc) is 2.89. The molecule has 1 fully saturated rings. The minimum atomic E-state index is -0.538. The third kappa shape index (κ3) is 2.88. The van der Waals surface area contributed by atoms with Crippen molar-refractivity contribution in [2.75, 3.05) is 19.7 Å². The van der Waals surface area contributed by atoms with Gasteiger partial charge in [0, 0.05) is 19.0 Å². The van der Waals surface area contributed by atoms with Crippen LogP contribution < -0.4 is 0 Å². The molecule has 1 amide bonds. The first-order valence-electron chi connectivity index (χ1n) is 7.04. The molecule has 2 N–H and O–H groups in total. The summed E-state index contributed by atoms with van der Waals surface area (Å²) in [6, 6.07) is 7.45. The molecule has 21 heavy (non-hydrogen) atoms. The van der Waals surface area contributed by atoms with E-state index in [9.17, 15) is 15.0 Å². The Bertz CT molecular complexity index is 609. The zero-order chi connectivity index (χ0) is 14.8. The molecule has 2 atom stereocenters. The number of hydrogen-bond donors (Lipinski definition) is 2. The molecule has 2 heterocycles. The van der Waals surface area contributed by atoms with Crippen molar-refractivity contribution in [3.8, 4) is 0 Å². The molecule has 2 aromatic rings. The van der Waals surface area contributed by atoms with E-state index < -0.39 is 6.10 Å². The monoisotopic (exact) mass is 290 g/mol. The zero-order valence-electron chi connectivity index (χ0n) is 11.6. The smallest absolute Gasteiger partial charge is 0.246 e. The largest absolute Gasteiger partial charge is 0.396 e. The molecule has 0 radical (unpaired) electrons. The number of aromatic nitrogens is 3. The Balaban J connectivity index is 1.68. The molecule has 7 heteroatoms. The highest BCUT2D eigenvalue weighted by molar-refractivity contribution is 5.77. The highest BCUT2D eigenvalue weighted by Crippen LogP contribution is 2.17. The topological polar surface area (TPSA) is 91.5 Å². The summed E-state index contributed by atoms with van der Waals surface area (Å²) in [5.74, 6) is -0.368. The van der Waals surface area contributed by atoms with Crippen LogP contribution in [0.3, 0.4) is 0 Å². The number of aliphatic hydroxyl groups is 2. The summed E-state index contributed by atoms with van der Waals surface area (Å²) in [4.78, 5) is 15.3. The van der Waals surface area contributed by atoms with Crippen molar-refractivity contribution in [3.05, 3.63) is 24.3 Å². The summed E-state index contributed by atoms with van der Waals surface area (Å²) in [5.41, 5.74) is 1.51. The molecule has 1 saturated heterocycles. The van der Waals surface area contributed by atoms with E-state index in [1.54, 1.807) is 4.90 Å². The van der Waals surface area contributed by atoms with Crippen LogP contribution in [0.15, 0.2) is 24.3 Å². The lowest BCUT2D eigenvalue weighted by molar-refractivity contribution is -0.136. The molecule has 0 aliphatic carbocycles. The van der Waals surface area contributed by atoms with E-state index in [1.807, 2.05) is 24.3 Å². The Morgan fingerprint density at radius 3 is 2.57 bits per heavy atom. The van der Waals surface area contributed by atoms with E-state index >= 15 is 0 Å². The standard InChI is InChI=1S/C14H18N4O3/c19-9-10-7-17(6-5-13(10)20)14(21)8-18-15-11-3-1-2-4-12(11)16-18/h1-4,10,13,19-20H,5-9H2/t10-,13-/m0/s1. The van der Waals surface area contributed by atoms with Crippen LogP contribution in [0.25, 0.3) is 11.0 Å². The third-order valence-corrected chi connectivity index (χ3v) is 3.89. The maximum atomic E-state index is 12.3. The fourth-order valence-electron chi connectivity index (χ4n) is 2.62. The molecule has 0 saturated carbocycles. The highest BCUT2D eigenvalue weighted by Gasteiger charge is 2.29. The van der Waals surface area contributed by atoms with E-state index in [0.29, 0.717) is 19.5 Å². The number of amides is 1. The van der Waals surface area contributed by atoms with Gasteiger partial charge in [-0.15, -0.1) is 0 Å². The van der Waals surface area contributed by atoms with Gasteiger partial charge in [-0.1, -0.05) is 12.1 Å². The fraction of sp³-hybridized carbons (Fsp3) is 0.500. The summed E-state index contributed by atoms with van der Waals surface area (Å²) in [5, 5.41) is 27.5. The lowest BCUT2D eigenvalue weighted by Crippen LogP contribution is -2.48. The molecule has 1 aliphatic rings. The van der Waals surface area contributed by atoms with Crippen molar-refractivity contribution in [2.45, 2.75) is 19.1 Å². The zero-order valence-corrected chi connectivity index (χ0v) is 11.6. The van der Waals surface area contributed by atoms with Gasteiger partial charge in [-0.2, -0.15) is 15.0 Å². The van der Waals surface area contributed by atoms with Crippen molar-refractivity contribution >= 4 is 16.9 Å². The number of likely N-dealkylation sites (tertiary alicyclic amines) is 1. The Hall–Kier alpha value is -1.99. The number of benzene rings is 1. The fourth-order valence-corrected chi connectivity index (χ4v) is 2.62. The van der Waals surface area contributed by atoms with Crippen molar-refractivity contribution < 1.29 is 15.0 Å². The summed E-state index contributed by atoms with van der Waals surface area (Å²) in [7, 11) is 0. The average molecular weight is 290 g/mol. The predicted octanol–water partition coefficient (Wildman–Crippen LogP) is -0.367. The molecule has 7 nitrogen and oxygen atoms in total. The maximum Gasteiger partial charge on any atom is 0.246 e. The minimum Gasteiger partial charge on any atom is -0.396 e. The molecule has 3 rings (SSSR count). The van der Waals surface area contributed by atoms with Crippen LogP contribution in [0, 0.1) is 5.92 Å². The number of nitrogens with zero attached hydrogens (tertiary/aromatic N) is 4. The molecule has 1 aromatic heterocycles. The Kier molecular flexibility index (Phi) is 3.85. The summed E-state index contributed by atoms with van der Waals surface area (Å²) >= 11 is 0. The maximum absolute atomic E-state index is 12.3. The van der Waals surface area contributed by atoms with Gasteiger partial charge in [-0.3, -0.25) is 4.79 Å². The number of hydrogen-bond acceptors (Lipinski definition) is 5. The van der Waals surface area contributed by atoms with Gasteiger partial charge in [0.1, 0.15) is 17.6 Å². The van der Waals surface area contributed by atoms with Crippen molar-refractivity contribution in [2.24, 2.45) is 5.92 Å². The quantitative estimate of drug-likeness (QED) is 0.805. The summed E-state index contributed by atoms with van der Waals surface area (Å²) in [6.07, 6.45) is -0.0460. The van der Waals surface area contributed by atoms with Gasteiger partial charge in [0.25, 0.3) is 0 Å². The third-order valence-electron chi connectivity index (χ3n) is 3.89. The number of carbonyl (C=O) groups excluding carboxylic acids is 1. The van der Waals surface area contributed by atoms with E-state index in [1.165, 1.54) is 4.80 Å². The SMILES string of the molecule is O=C(Cn1nc2ccccc2n1)N1CC[C@H](O)[C@H](CO)C1. The first-order chi connectivity index (χ1) is 10.2. The Labute approximate surface area is 121 Å². The van der Waals surface area contributed by atoms with Crippen molar-refractivity contribution in [1.82, 2.24) is 19.9 Å². The van der Waals surface area contributed by atoms with Crippen LogP contribution >= 0.6 is 0 Å². The lowest BCUT2D eigenvalue weighted by Gasteiger charge is -2.35. The number of rotatable bonds is 3. The Morgan fingerprint density at radius 1 is 1.29 bits per heavy atom. The molecule has 0 bridgehead atoms. The van der Waals surface area contributed by atoms with E-state index in [4.69, 9.17) is 0 Å². The number of fused-ring (bicyclic) bond motifs is 1. The van der Waals surface area contributed by atoms with Gasteiger partial charge < -0.3 is 15.1 Å². The van der Waals surface area contributed by atoms with Crippen LogP contribution in [0.1, 0.15) is 6.42 Å². The van der Waals surface area contributed by atoms with Gasteiger partial charge in [0.15, 0.2) is 0 Å². The molecule has 112 valence electrons. The van der Waals surface area contributed by atoms with E-state index in [-0.39, 0.29) is 25.0 Å². The van der Waals surface area contributed by atoms with E-state index in [0.717, 1.165) is 11.0 Å². The van der Waals surface area contributed by atoms with Crippen LogP contribution in [0.2, 0.25) is 0 Å². The van der Waals surface area contributed by atoms with Crippen molar-refractivity contribution in [3.63, 3.8) is 0 Å². The molecule has 1 aliphatic heterocycles. The Morgan fingerprint density at radius 2 is 1.95 bits per heavy atom. The summed E-state index contributed by atoms with van der Waals surface area (Å²) < 4.78 is 0. The first kappa shape index (κ1) is 14.0. The van der Waals surface area contributed by atoms with Crippen LogP contribution in [-0.2, 0) is 11.3 Å². The number of aliphatic hydroxyl groups excluding tert-OH is 2. The van der Waals surface area contributed by atoms with Gasteiger partial charge in [0.05, 0.1) is 12.7 Å². The first-order valence-corrected chi connectivity index (χ1v) is 7.04. The van der Waals surface area contributed by atoms with Gasteiger partial charge >= 0.3 is 0 Å². The molecular weight excluding hydrogens is 272 g/mol. The molecule has 0 unspecified atom stereocenters. The van der Waals surface area contributed by atoms with Crippen LogP contribution in [-0.4, -0.2) is 61.8 Å². The second-order valence-corrected chi connectivity index (χ2v) is 5.36. The molecule has 1 aromatic carbocycles. The van der Waals surface area contributed by atoms with E-state index in [2.05, 4.69) is 10.2 Å². The molecular formula is C14H18N4O3.